The van der Waals surface area contributed by atoms with Gasteiger partial charge >= 0.3 is 0 Å². The zero-order valence-electron chi connectivity index (χ0n) is 15.5. The van der Waals surface area contributed by atoms with Crippen molar-refractivity contribution in [1.82, 2.24) is 15.1 Å². The molecule has 2 saturated heterocycles. The summed E-state index contributed by atoms with van der Waals surface area (Å²) in [5, 5.41) is 26.1. The van der Waals surface area contributed by atoms with Gasteiger partial charge in [-0.3, -0.25) is 4.90 Å². The molecule has 2 fully saturated rings. The van der Waals surface area contributed by atoms with Gasteiger partial charge in [0, 0.05) is 27.7 Å². The monoisotopic (exact) mass is 380 g/mol. The number of hydrogen-bond acceptors (Lipinski definition) is 6. The molecule has 0 spiro atoms. The zero-order chi connectivity index (χ0) is 18.4. The highest BCUT2D eigenvalue weighted by atomic mass is 32.1. The van der Waals surface area contributed by atoms with Crippen molar-refractivity contribution in [3.63, 3.8) is 0 Å². The number of rotatable bonds is 3. The van der Waals surface area contributed by atoms with Gasteiger partial charge in [0.2, 0.25) is 0 Å². The van der Waals surface area contributed by atoms with Crippen molar-refractivity contribution < 1.29 is 5.11 Å². The summed E-state index contributed by atoms with van der Waals surface area (Å²) in [6, 6.07) is 9.08. The number of aryl methyl sites for hydroxylation is 1. The van der Waals surface area contributed by atoms with Crippen LogP contribution in [0.4, 0.5) is 5.82 Å². The van der Waals surface area contributed by atoms with Gasteiger partial charge in [-0.05, 0) is 80.9 Å². The molecule has 4 heterocycles. The maximum absolute atomic E-state index is 10.7. The fourth-order valence-electron chi connectivity index (χ4n) is 4.69. The molecule has 0 unspecified atom stereocenters. The van der Waals surface area contributed by atoms with Crippen LogP contribution in [0.1, 0.15) is 31.2 Å². The predicted octanol–water partition coefficient (Wildman–Crippen LogP) is 4.41. The molecule has 140 valence electrons. The summed E-state index contributed by atoms with van der Waals surface area (Å²) in [5.74, 6) is 1.13. The molecular formula is C21H24N4OS. The highest BCUT2D eigenvalue weighted by Gasteiger charge is 2.34. The molecule has 0 amide bonds. The van der Waals surface area contributed by atoms with Crippen LogP contribution in [-0.4, -0.2) is 45.4 Å². The Morgan fingerprint density at radius 1 is 1.15 bits per heavy atom. The van der Waals surface area contributed by atoms with Crippen LogP contribution in [0.25, 0.3) is 21.3 Å². The van der Waals surface area contributed by atoms with Crippen LogP contribution in [0.5, 0.6) is 5.75 Å². The molecule has 0 aliphatic carbocycles. The third kappa shape index (κ3) is 2.97. The Labute approximate surface area is 163 Å². The molecule has 2 atom stereocenters. The zero-order valence-corrected chi connectivity index (χ0v) is 16.3. The quantitative estimate of drug-likeness (QED) is 0.705. The largest absolute Gasteiger partial charge is 0.507 e. The SMILES string of the molecule is Cc1cc(N[C@H]2CCCN3CCC[C@H]23)nnc1-c1ccc2sccc2c1O. The van der Waals surface area contributed by atoms with E-state index in [2.05, 4.69) is 26.5 Å². The number of hydrogen-bond donors (Lipinski definition) is 2. The highest BCUT2D eigenvalue weighted by Crippen LogP contribution is 2.38. The van der Waals surface area contributed by atoms with Crippen molar-refractivity contribution in [2.24, 2.45) is 0 Å². The third-order valence-corrected chi connectivity index (χ3v) is 6.90. The molecule has 1 aromatic carbocycles. The molecule has 2 aliphatic rings. The fourth-order valence-corrected chi connectivity index (χ4v) is 5.48. The van der Waals surface area contributed by atoms with E-state index < -0.39 is 0 Å². The first-order valence-corrected chi connectivity index (χ1v) is 10.6. The lowest BCUT2D eigenvalue weighted by molar-refractivity contribution is 0.183. The number of aromatic hydroxyl groups is 1. The smallest absolute Gasteiger partial charge is 0.149 e. The Kier molecular flexibility index (Phi) is 4.25. The first-order valence-electron chi connectivity index (χ1n) is 9.75. The third-order valence-electron chi connectivity index (χ3n) is 6.02. The van der Waals surface area contributed by atoms with Gasteiger partial charge in [-0.2, -0.15) is 0 Å². The minimum Gasteiger partial charge on any atom is -0.507 e. The molecule has 27 heavy (non-hydrogen) atoms. The van der Waals surface area contributed by atoms with Gasteiger partial charge in [0.1, 0.15) is 11.6 Å². The van der Waals surface area contributed by atoms with Gasteiger partial charge in [-0.25, -0.2) is 0 Å². The number of piperidine rings is 1. The molecule has 2 aromatic heterocycles. The lowest BCUT2D eigenvalue weighted by Gasteiger charge is -2.37. The van der Waals surface area contributed by atoms with E-state index in [1.54, 1.807) is 11.3 Å². The molecule has 0 bridgehead atoms. The van der Waals surface area contributed by atoms with Gasteiger partial charge in [-0.1, -0.05) is 0 Å². The average Bonchev–Trinajstić information content (AvgIpc) is 3.33. The van der Waals surface area contributed by atoms with E-state index in [9.17, 15) is 5.11 Å². The summed E-state index contributed by atoms with van der Waals surface area (Å²) in [5.41, 5.74) is 2.52. The average molecular weight is 381 g/mol. The Hall–Kier alpha value is -2.18. The predicted molar refractivity (Wildman–Crippen MR) is 110 cm³/mol. The molecule has 5 rings (SSSR count). The second-order valence-electron chi connectivity index (χ2n) is 7.69. The van der Waals surface area contributed by atoms with Crippen molar-refractivity contribution in [2.75, 3.05) is 18.4 Å². The summed E-state index contributed by atoms with van der Waals surface area (Å²) < 4.78 is 1.08. The van der Waals surface area contributed by atoms with Crippen molar-refractivity contribution >= 4 is 27.2 Å². The van der Waals surface area contributed by atoms with E-state index in [0.29, 0.717) is 17.8 Å². The van der Waals surface area contributed by atoms with E-state index in [1.807, 2.05) is 30.5 Å². The van der Waals surface area contributed by atoms with Gasteiger partial charge in [0.25, 0.3) is 0 Å². The molecule has 0 radical (unpaired) electrons. The van der Waals surface area contributed by atoms with Crippen LogP contribution in [0.3, 0.4) is 0 Å². The number of anilines is 1. The summed E-state index contributed by atoms with van der Waals surface area (Å²) in [6.07, 6.45) is 5.01. The molecule has 6 heteroatoms. The van der Waals surface area contributed by atoms with E-state index in [-0.39, 0.29) is 0 Å². The maximum Gasteiger partial charge on any atom is 0.149 e. The van der Waals surface area contributed by atoms with Gasteiger partial charge < -0.3 is 10.4 Å². The second kappa shape index (κ2) is 6.77. The van der Waals surface area contributed by atoms with E-state index >= 15 is 0 Å². The van der Waals surface area contributed by atoms with Crippen molar-refractivity contribution in [2.45, 2.75) is 44.7 Å². The first-order chi connectivity index (χ1) is 13.2. The van der Waals surface area contributed by atoms with Crippen molar-refractivity contribution in [1.29, 1.82) is 0 Å². The highest BCUT2D eigenvalue weighted by molar-refractivity contribution is 7.17. The number of nitrogens with one attached hydrogen (secondary N) is 1. The van der Waals surface area contributed by atoms with Crippen LogP contribution in [0.15, 0.2) is 29.6 Å². The Morgan fingerprint density at radius 2 is 2.00 bits per heavy atom. The van der Waals surface area contributed by atoms with Crippen LogP contribution >= 0.6 is 11.3 Å². The van der Waals surface area contributed by atoms with Crippen LogP contribution < -0.4 is 5.32 Å². The van der Waals surface area contributed by atoms with Gasteiger partial charge in [0.05, 0.1) is 5.69 Å². The molecule has 2 aliphatic heterocycles. The van der Waals surface area contributed by atoms with E-state index in [4.69, 9.17) is 0 Å². The lowest BCUT2D eigenvalue weighted by Crippen LogP contribution is -2.47. The number of thiophene rings is 1. The molecule has 0 saturated carbocycles. The topological polar surface area (TPSA) is 61.3 Å². The number of aromatic nitrogens is 2. The van der Waals surface area contributed by atoms with Crippen molar-refractivity contribution in [3.8, 4) is 17.0 Å². The normalized spacial score (nSPS) is 22.9. The molecular weight excluding hydrogens is 356 g/mol. The Morgan fingerprint density at radius 3 is 2.85 bits per heavy atom. The van der Waals surface area contributed by atoms with Crippen molar-refractivity contribution in [3.05, 3.63) is 35.2 Å². The Bertz CT molecular complexity index is 985. The van der Waals surface area contributed by atoms with Gasteiger partial charge in [-0.15, -0.1) is 21.5 Å². The van der Waals surface area contributed by atoms with Crippen LogP contribution in [0, 0.1) is 6.92 Å². The molecule has 3 aromatic rings. The maximum atomic E-state index is 10.7. The summed E-state index contributed by atoms with van der Waals surface area (Å²) in [6.45, 7) is 4.50. The lowest BCUT2D eigenvalue weighted by atomic mass is 9.96. The number of phenolic OH excluding ortho intramolecular Hbond substituents is 1. The van der Waals surface area contributed by atoms with Crippen LogP contribution in [0.2, 0.25) is 0 Å². The number of phenols is 1. The van der Waals surface area contributed by atoms with E-state index in [0.717, 1.165) is 32.7 Å². The standard InChI is InChI=1S/C21H24N4OS/c1-13-12-19(22-16-4-2-9-25-10-3-5-17(16)25)23-24-20(13)15-6-7-18-14(21(15)26)8-11-27-18/h6-8,11-12,16-17,26H,2-5,9-10H2,1H3,(H,22,23)/t16-,17+/m0/s1. The second-order valence-corrected chi connectivity index (χ2v) is 8.64. The number of nitrogens with zero attached hydrogens (tertiary/aromatic N) is 3. The van der Waals surface area contributed by atoms with E-state index in [1.165, 1.54) is 38.8 Å². The minimum absolute atomic E-state index is 0.292. The fraction of sp³-hybridized carbons (Fsp3) is 0.429. The molecule has 2 N–H and O–H groups in total. The van der Waals surface area contributed by atoms with Crippen LogP contribution in [-0.2, 0) is 0 Å². The summed E-state index contributed by atoms with van der Waals surface area (Å²) in [4.78, 5) is 2.62. The summed E-state index contributed by atoms with van der Waals surface area (Å²) in [7, 11) is 0. The summed E-state index contributed by atoms with van der Waals surface area (Å²) >= 11 is 1.63. The first kappa shape index (κ1) is 17.0. The number of benzene rings is 1. The number of fused-ring (bicyclic) bond motifs is 2. The van der Waals surface area contributed by atoms with Gasteiger partial charge in [0.15, 0.2) is 0 Å². The molecule has 5 nitrogen and oxygen atoms in total. The Balaban J connectivity index is 1.42. The minimum atomic E-state index is 0.292.